The Bertz CT molecular complexity index is 1060. The van der Waals surface area contributed by atoms with Crippen molar-refractivity contribution in [1.82, 2.24) is 5.32 Å². The number of hydrogen-bond donors (Lipinski definition) is 1. The molecule has 0 saturated heterocycles. The van der Waals surface area contributed by atoms with Crippen LogP contribution in [-0.4, -0.2) is 19.3 Å². The van der Waals surface area contributed by atoms with Gasteiger partial charge in [-0.15, -0.1) is 0 Å². The standard InChI is InChI=1S/C28H30F3N/c29-28(30,31)17-32-16-25(27-13-18-9-19(14-27)11-20(10-18)15-27)26-23-7-3-1-5-21(23)12-22-6-2-4-8-24(22)26/h1-8,12,18-20,25,32H,9-11,13-17H2. The molecule has 0 amide bonds. The molecule has 4 heteroatoms. The highest BCUT2D eigenvalue weighted by atomic mass is 19.4. The normalized spacial score (nSPS) is 30.3. The van der Waals surface area contributed by atoms with Crippen LogP contribution in [0.3, 0.4) is 0 Å². The van der Waals surface area contributed by atoms with E-state index in [9.17, 15) is 13.2 Å². The van der Waals surface area contributed by atoms with Crippen molar-refractivity contribution in [3.8, 4) is 0 Å². The van der Waals surface area contributed by atoms with E-state index >= 15 is 0 Å². The average molecular weight is 438 g/mol. The summed E-state index contributed by atoms with van der Waals surface area (Å²) in [6, 6.07) is 19.1. The van der Waals surface area contributed by atoms with Crippen molar-refractivity contribution in [2.75, 3.05) is 13.1 Å². The van der Waals surface area contributed by atoms with Crippen molar-refractivity contribution in [1.29, 1.82) is 0 Å². The van der Waals surface area contributed by atoms with Crippen molar-refractivity contribution in [3.05, 3.63) is 60.2 Å². The van der Waals surface area contributed by atoms with E-state index in [1.807, 2.05) is 0 Å². The van der Waals surface area contributed by atoms with Gasteiger partial charge in [-0.05, 0) is 94.9 Å². The van der Waals surface area contributed by atoms with Gasteiger partial charge >= 0.3 is 6.18 Å². The second-order valence-corrected chi connectivity index (χ2v) is 10.8. The predicted molar refractivity (Wildman–Crippen MR) is 124 cm³/mol. The topological polar surface area (TPSA) is 12.0 Å². The number of hydrogen-bond acceptors (Lipinski definition) is 1. The van der Waals surface area contributed by atoms with Crippen LogP contribution in [0.15, 0.2) is 54.6 Å². The lowest BCUT2D eigenvalue weighted by molar-refractivity contribution is -0.126. The molecule has 1 atom stereocenters. The van der Waals surface area contributed by atoms with Crippen molar-refractivity contribution in [2.24, 2.45) is 23.2 Å². The number of fused-ring (bicyclic) bond motifs is 2. The molecule has 4 fully saturated rings. The maximum Gasteiger partial charge on any atom is 0.401 e. The minimum Gasteiger partial charge on any atom is -0.308 e. The molecular weight excluding hydrogens is 407 g/mol. The van der Waals surface area contributed by atoms with E-state index in [0.29, 0.717) is 6.54 Å². The molecule has 1 nitrogen and oxygen atoms in total. The molecule has 0 heterocycles. The number of rotatable bonds is 5. The molecule has 4 bridgehead atoms. The highest BCUT2D eigenvalue weighted by Crippen LogP contribution is 2.65. The van der Waals surface area contributed by atoms with Crippen LogP contribution in [0.1, 0.15) is 50.0 Å². The van der Waals surface area contributed by atoms with Crippen LogP contribution >= 0.6 is 0 Å². The summed E-state index contributed by atoms with van der Waals surface area (Å²) < 4.78 is 39.3. The molecule has 4 saturated carbocycles. The molecule has 0 aromatic heterocycles. The summed E-state index contributed by atoms with van der Waals surface area (Å²) in [5.41, 5.74) is 1.38. The number of halogens is 3. The zero-order valence-corrected chi connectivity index (χ0v) is 18.3. The molecule has 4 aliphatic rings. The van der Waals surface area contributed by atoms with Gasteiger partial charge in [0.05, 0.1) is 6.54 Å². The Morgan fingerprint density at radius 1 is 0.812 bits per heavy atom. The third-order valence-corrected chi connectivity index (χ3v) is 8.66. The van der Waals surface area contributed by atoms with E-state index in [0.717, 1.165) is 17.8 Å². The van der Waals surface area contributed by atoms with Crippen LogP contribution in [-0.2, 0) is 0 Å². The van der Waals surface area contributed by atoms with Crippen molar-refractivity contribution >= 4 is 21.5 Å². The Morgan fingerprint density at radius 2 is 1.31 bits per heavy atom. The first kappa shape index (κ1) is 20.5. The summed E-state index contributed by atoms with van der Waals surface area (Å²) in [5, 5.41) is 7.64. The Kier molecular flexibility index (Phi) is 4.80. The molecule has 4 aliphatic carbocycles. The molecular formula is C28H30F3N. The third-order valence-electron chi connectivity index (χ3n) is 8.66. The van der Waals surface area contributed by atoms with Gasteiger partial charge in [0.1, 0.15) is 0 Å². The van der Waals surface area contributed by atoms with Gasteiger partial charge in [0, 0.05) is 12.5 Å². The van der Waals surface area contributed by atoms with E-state index in [1.165, 1.54) is 65.6 Å². The van der Waals surface area contributed by atoms with E-state index in [1.54, 1.807) is 0 Å². The minimum atomic E-state index is -4.19. The second-order valence-electron chi connectivity index (χ2n) is 10.8. The maximum atomic E-state index is 13.1. The fourth-order valence-corrected chi connectivity index (χ4v) is 8.01. The van der Waals surface area contributed by atoms with Gasteiger partial charge in [-0.1, -0.05) is 48.5 Å². The molecule has 3 aromatic carbocycles. The van der Waals surface area contributed by atoms with Gasteiger partial charge in [-0.3, -0.25) is 0 Å². The summed E-state index contributed by atoms with van der Waals surface area (Å²) in [4.78, 5) is 0. The lowest BCUT2D eigenvalue weighted by Crippen LogP contribution is -2.51. The summed E-state index contributed by atoms with van der Waals surface area (Å²) >= 11 is 0. The molecule has 0 spiro atoms. The van der Waals surface area contributed by atoms with Crippen LogP contribution in [0, 0.1) is 23.2 Å². The van der Waals surface area contributed by atoms with E-state index in [2.05, 4.69) is 59.9 Å². The highest BCUT2D eigenvalue weighted by Gasteiger charge is 2.54. The Balaban J connectivity index is 1.52. The first-order valence-electron chi connectivity index (χ1n) is 12.1. The minimum absolute atomic E-state index is 0.0919. The SMILES string of the molecule is FC(F)(F)CNCC(c1c2ccccc2cc2ccccc12)C12CC3CC(CC(C3)C1)C2. The van der Waals surface area contributed by atoms with Gasteiger partial charge in [0.2, 0.25) is 0 Å². The maximum absolute atomic E-state index is 13.1. The zero-order valence-electron chi connectivity index (χ0n) is 18.3. The van der Waals surface area contributed by atoms with Gasteiger partial charge in [-0.2, -0.15) is 13.2 Å². The number of nitrogens with one attached hydrogen (secondary N) is 1. The molecule has 1 N–H and O–H groups in total. The van der Waals surface area contributed by atoms with E-state index < -0.39 is 12.7 Å². The number of alkyl halides is 3. The quantitative estimate of drug-likeness (QED) is 0.409. The Morgan fingerprint density at radius 3 is 1.81 bits per heavy atom. The van der Waals surface area contributed by atoms with Gasteiger partial charge in [-0.25, -0.2) is 0 Å². The van der Waals surface area contributed by atoms with Crippen LogP contribution in [0.2, 0.25) is 0 Å². The molecule has 7 rings (SSSR count). The average Bonchev–Trinajstić information content (AvgIpc) is 2.74. The Labute approximate surface area is 187 Å². The molecule has 3 aromatic rings. The smallest absolute Gasteiger partial charge is 0.308 e. The lowest BCUT2D eigenvalue weighted by atomic mass is 9.45. The highest BCUT2D eigenvalue weighted by molar-refractivity contribution is 6.02. The predicted octanol–water partition coefficient (Wildman–Crippen LogP) is 7.44. The molecule has 168 valence electrons. The molecule has 32 heavy (non-hydrogen) atoms. The number of benzene rings is 3. The summed E-state index contributed by atoms with van der Waals surface area (Å²) in [6.07, 6.45) is 3.33. The van der Waals surface area contributed by atoms with Gasteiger partial charge < -0.3 is 5.32 Å². The van der Waals surface area contributed by atoms with Crippen LogP contribution in [0.4, 0.5) is 13.2 Å². The zero-order chi connectivity index (χ0) is 21.9. The van der Waals surface area contributed by atoms with Crippen molar-refractivity contribution < 1.29 is 13.2 Å². The fraction of sp³-hybridized carbons (Fsp3) is 0.500. The van der Waals surface area contributed by atoms with Crippen LogP contribution in [0.5, 0.6) is 0 Å². The van der Waals surface area contributed by atoms with E-state index in [4.69, 9.17) is 0 Å². The van der Waals surface area contributed by atoms with Crippen molar-refractivity contribution in [3.63, 3.8) is 0 Å². The molecule has 1 unspecified atom stereocenters. The largest absolute Gasteiger partial charge is 0.401 e. The fourth-order valence-electron chi connectivity index (χ4n) is 8.01. The first-order valence-corrected chi connectivity index (χ1v) is 12.1. The summed E-state index contributed by atoms with van der Waals surface area (Å²) in [5.74, 6) is 2.36. The monoisotopic (exact) mass is 437 g/mol. The Hall–Kier alpha value is -2.07. The van der Waals surface area contributed by atoms with E-state index in [-0.39, 0.29) is 11.3 Å². The van der Waals surface area contributed by atoms with Crippen LogP contribution in [0.25, 0.3) is 21.5 Å². The summed E-state index contributed by atoms with van der Waals surface area (Å²) in [6.45, 7) is -0.526. The van der Waals surface area contributed by atoms with Gasteiger partial charge in [0.25, 0.3) is 0 Å². The first-order chi connectivity index (χ1) is 15.4. The second kappa shape index (κ2) is 7.48. The summed E-state index contributed by atoms with van der Waals surface area (Å²) in [7, 11) is 0. The van der Waals surface area contributed by atoms with Gasteiger partial charge in [0.15, 0.2) is 0 Å². The van der Waals surface area contributed by atoms with Crippen LogP contribution < -0.4 is 5.32 Å². The molecule has 0 aliphatic heterocycles. The third kappa shape index (κ3) is 3.51. The van der Waals surface area contributed by atoms with Crippen molar-refractivity contribution in [2.45, 2.75) is 50.6 Å². The lowest BCUT2D eigenvalue weighted by Gasteiger charge is -2.60. The molecule has 0 radical (unpaired) electrons.